The highest BCUT2D eigenvalue weighted by Crippen LogP contribution is 2.40. The molecular formula is C19H16F3N5O3. The number of carbonyl (C=O) groups is 1. The first-order valence-corrected chi connectivity index (χ1v) is 8.94. The molecule has 0 radical (unpaired) electrons. The van der Waals surface area contributed by atoms with Crippen molar-refractivity contribution in [2.75, 3.05) is 23.4 Å². The third-order valence-corrected chi connectivity index (χ3v) is 4.86. The number of hydrogen-bond donors (Lipinski definition) is 3. The summed E-state index contributed by atoms with van der Waals surface area (Å²) in [6, 6.07) is 4.00. The van der Waals surface area contributed by atoms with Gasteiger partial charge in [-0.3, -0.25) is 10.2 Å². The summed E-state index contributed by atoms with van der Waals surface area (Å²) in [4.78, 5) is 13.0. The Morgan fingerprint density at radius 1 is 1.23 bits per heavy atom. The quantitative estimate of drug-likeness (QED) is 0.399. The van der Waals surface area contributed by atoms with Crippen LogP contribution in [0.2, 0.25) is 0 Å². The highest BCUT2D eigenvalue weighted by molar-refractivity contribution is 5.95. The van der Waals surface area contributed by atoms with Gasteiger partial charge in [0.2, 0.25) is 0 Å². The lowest BCUT2D eigenvalue weighted by Gasteiger charge is -2.38. The molecule has 8 nitrogen and oxygen atoms in total. The van der Waals surface area contributed by atoms with Crippen molar-refractivity contribution in [1.29, 1.82) is 10.9 Å². The van der Waals surface area contributed by atoms with Crippen LogP contribution in [0, 0.1) is 28.4 Å². The van der Waals surface area contributed by atoms with Gasteiger partial charge in [0, 0.05) is 30.7 Å². The first-order chi connectivity index (χ1) is 14.4. The molecular weight excluding hydrogens is 403 g/mol. The van der Waals surface area contributed by atoms with Gasteiger partial charge >= 0.3 is 0 Å². The lowest BCUT2D eigenvalue weighted by atomic mass is 10.0. The Kier molecular flexibility index (Phi) is 5.02. The maximum Gasteiger partial charge on any atom is 0.262 e. The van der Waals surface area contributed by atoms with Gasteiger partial charge in [-0.05, 0) is 6.07 Å². The number of benzene rings is 2. The second-order valence-electron chi connectivity index (χ2n) is 6.84. The number of halogens is 3. The van der Waals surface area contributed by atoms with E-state index in [0.717, 1.165) is 6.07 Å². The first kappa shape index (κ1) is 19.7. The molecule has 0 bridgehead atoms. The van der Waals surface area contributed by atoms with Crippen LogP contribution in [0.1, 0.15) is 12.0 Å². The molecule has 0 fully saturated rings. The highest BCUT2D eigenvalue weighted by Gasteiger charge is 2.33. The van der Waals surface area contributed by atoms with E-state index in [1.54, 1.807) is 0 Å². The zero-order valence-electron chi connectivity index (χ0n) is 15.5. The largest absolute Gasteiger partial charge is 0.489 e. The Bertz CT molecular complexity index is 1060. The van der Waals surface area contributed by atoms with Crippen LogP contribution >= 0.6 is 0 Å². The molecule has 0 unspecified atom stereocenters. The van der Waals surface area contributed by atoms with E-state index in [0.29, 0.717) is 6.07 Å². The highest BCUT2D eigenvalue weighted by atomic mass is 19.1. The number of amides is 1. The van der Waals surface area contributed by atoms with Crippen molar-refractivity contribution in [3.05, 3.63) is 47.3 Å². The minimum atomic E-state index is -0.904. The summed E-state index contributed by atoms with van der Waals surface area (Å²) in [7, 11) is 0. The molecule has 2 aliphatic rings. The van der Waals surface area contributed by atoms with Gasteiger partial charge in [-0.2, -0.15) is 0 Å². The Morgan fingerprint density at radius 3 is 2.80 bits per heavy atom. The van der Waals surface area contributed by atoms with Crippen molar-refractivity contribution in [3.8, 4) is 11.5 Å². The number of ether oxygens (including phenoxy) is 2. The van der Waals surface area contributed by atoms with E-state index in [9.17, 15) is 13.6 Å². The summed E-state index contributed by atoms with van der Waals surface area (Å²) in [5.41, 5.74) is 6.92. The van der Waals surface area contributed by atoms with Crippen LogP contribution in [0.5, 0.6) is 11.5 Å². The van der Waals surface area contributed by atoms with E-state index >= 15 is 4.39 Å². The van der Waals surface area contributed by atoms with Crippen molar-refractivity contribution >= 4 is 23.1 Å². The van der Waals surface area contributed by atoms with Crippen LogP contribution < -0.4 is 19.7 Å². The number of nitrogens with one attached hydrogen (secondary N) is 3. The van der Waals surface area contributed by atoms with Crippen molar-refractivity contribution in [2.24, 2.45) is 5.11 Å². The summed E-state index contributed by atoms with van der Waals surface area (Å²) >= 11 is 0. The number of nitrogens with zero attached hydrogens (tertiary/aromatic N) is 2. The van der Waals surface area contributed by atoms with Gasteiger partial charge in [0.15, 0.2) is 18.2 Å². The minimum absolute atomic E-state index is 0.0415. The number of carbonyl (C=O) groups excluding carboxylic acids is 1. The molecule has 11 heteroatoms. The number of rotatable bonds is 4. The van der Waals surface area contributed by atoms with Gasteiger partial charge in [0.1, 0.15) is 41.1 Å². The van der Waals surface area contributed by atoms with Crippen LogP contribution in [0.15, 0.2) is 29.4 Å². The smallest absolute Gasteiger partial charge is 0.262 e. The molecule has 0 aromatic heterocycles. The standard InChI is InChI=1S/C19H16F3N5O3/c20-10-3-12(21)19-14(4-10)29-7-11(5-15(23)26-24)27(19)6-9-1-2-13-18(17(9)22)25-16(28)8-30-13/h1-4,11,23-24H,5-8H2,(H,25,28)/t11-/m1/s1. The molecule has 2 aliphatic heterocycles. The minimum Gasteiger partial charge on any atom is -0.489 e. The second kappa shape index (κ2) is 7.65. The zero-order chi connectivity index (χ0) is 21.4. The maximum absolute atomic E-state index is 15.1. The molecule has 0 aliphatic carbocycles. The SMILES string of the molecule is N=NC(=N)C[C@@H]1COc2cc(F)cc(F)c2N1Cc1ccc2c(c1F)NC(=O)CO2. The first-order valence-electron chi connectivity index (χ1n) is 8.94. The fourth-order valence-electron chi connectivity index (χ4n) is 3.50. The van der Waals surface area contributed by atoms with Crippen LogP contribution in [0.25, 0.3) is 0 Å². The Labute approximate surface area is 168 Å². The van der Waals surface area contributed by atoms with Crippen LogP contribution in [-0.2, 0) is 11.3 Å². The van der Waals surface area contributed by atoms with Gasteiger partial charge in [0.05, 0.1) is 6.04 Å². The third-order valence-electron chi connectivity index (χ3n) is 4.86. The summed E-state index contributed by atoms with van der Waals surface area (Å²) in [5.74, 6) is -3.11. The Hall–Kier alpha value is -3.63. The predicted molar refractivity (Wildman–Crippen MR) is 99.8 cm³/mol. The van der Waals surface area contributed by atoms with E-state index < -0.39 is 29.4 Å². The lowest BCUT2D eigenvalue weighted by molar-refractivity contribution is -0.118. The molecule has 1 amide bonds. The summed E-state index contributed by atoms with van der Waals surface area (Å²) < 4.78 is 54.0. The number of fused-ring (bicyclic) bond motifs is 2. The van der Waals surface area contributed by atoms with Crippen LogP contribution in [0.3, 0.4) is 0 Å². The monoisotopic (exact) mass is 419 g/mol. The molecule has 1 atom stereocenters. The summed E-state index contributed by atoms with van der Waals surface area (Å²) in [6.45, 7) is -0.426. The van der Waals surface area contributed by atoms with Crippen LogP contribution in [-0.4, -0.2) is 31.0 Å². The summed E-state index contributed by atoms with van der Waals surface area (Å²) in [5, 5.41) is 13.2. The molecule has 0 saturated carbocycles. The third kappa shape index (κ3) is 3.53. The molecule has 30 heavy (non-hydrogen) atoms. The fourth-order valence-corrected chi connectivity index (χ4v) is 3.50. The molecule has 2 aromatic carbocycles. The fraction of sp³-hybridized carbons (Fsp3) is 0.263. The van der Waals surface area contributed by atoms with E-state index in [2.05, 4.69) is 10.4 Å². The molecule has 2 aromatic rings. The van der Waals surface area contributed by atoms with E-state index in [-0.39, 0.29) is 60.5 Å². The van der Waals surface area contributed by atoms with E-state index in [4.69, 9.17) is 20.4 Å². The van der Waals surface area contributed by atoms with Crippen molar-refractivity contribution in [1.82, 2.24) is 0 Å². The van der Waals surface area contributed by atoms with E-state index in [1.807, 2.05) is 0 Å². The van der Waals surface area contributed by atoms with Crippen molar-refractivity contribution in [2.45, 2.75) is 19.0 Å². The molecule has 0 spiro atoms. The zero-order valence-corrected chi connectivity index (χ0v) is 15.5. The van der Waals surface area contributed by atoms with Crippen LogP contribution in [0.4, 0.5) is 24.5 Å². The van der Waals surface area contributed by atoms with Gasteiger partial charge in [-0.1, -0.05) is 6.07 Å². The Balaban J connectivity index is 1.75. The summed E-state index contributed by atoms with van der Waals surface area (Å²) in [6.07, 6.45) is -0.0633. The van der Waals surface area contributed by atoms with Crippen molar-refractivity contribution in [3.63, 3.8) is 0 Å². The van der Waals surface area contributed by atoms with Gasteiger partial charge in [-0.25, -0.2) is 18.7 Å². The molecule has 156 valence electrons. The van der Waals surface area contributed by atoms with Crippen molar-refractivity contribution < 1.29 is 27.4 Å². The van der Waals surface area contributed by atoms with Gasteiger partial charge in [-0.15, -0.1) is 5.11 Å². The molecule has 2 heterocycles. The number of hydrogen-bond acceptors (Lipinski definition) is 6. The number of amidine groups is 1. The topological polar surface area (TPSA) is 111 Å². The second-order valence-corrected chi connectivity index (χ2v) is 6.84. The molecule has 0 saturated heterocycles. The molecule has 3 N–H and O–H groups in total. The molecule has 4 rings (SSSR count). The lowest BCUT2D eigenvalue weighted by Crippen LogP contribution is -2.44. The normalized spacial score (nSPS) is 17.2. The predicted octanol–water partition coefficient (Wildman–Crippen LogP) is 3.60. The Morgan fingerprint density at radius 2 is 2.03 bits per heavy atom. The average Bonchev–Trinajstić information content (AvgIpc) is 2.71. The van der Waals surface area contributed by atoms with Gasteiger partial charge in [0.25, 0.3) is 5.91 Å². The average molecular weight is 419 g/mol. The van der Waals surface area contributed by atoms with Gasteiger partial charge < -0.3 is 19.7 Å². The van der Waals surface area contributed by atoms with E-state index in [1.165, 1.54) is 17.0 Å². The number of anilines is 2. The maximum atomic E-state index is 15.1.